The second-order valence-electron chi connectivity index (χ2n) is 9.43. The van der Waals surface area contributed by atoms with Crippen LogP contribution in [-0.2, 0) is 0 Å². The van der Waals surface area contributed by atoms with Crippen molar-refractivity contribution in [1.82, 2.24) is 9.97 Å². The zero-order valence-electron chi connectivity index (χ0n) is 19.4. The van der Waals surface area contributed by atoms with Gasteiger partial charge in [-0.2, -0.15) is 4.98 Å². The average molecular weight is 431 g/mol. The molecular weight excluding hydrogens is 404 g/mol. The smallest absolute Gasteiger partial charge is 0.231 e. The number of aromatic nitrogens is 2. The van der Waals surface area contributed by atoms with Crippen molar-refractivity contribution in [2.24, 2.45) is 0 Å². The first-order valence-corrected chi connectivity index (χ1v) is 11.7. The van der Waals surface area contributed by atoms with Crippen molar-refractivity contribution in [2.75, 3.05) is 0 Å². The lowest BCUT2D eigenvalue weighted by atomic mass is 9.91. The van der Waals surface area contributed by atoms with Gasteiger partial charge in [0.05, 0.1) is 11.1 Å². The SMILES string of the molecule is CC(C)c1nc(-c2ccc(C(C)C)c3ccccc23)c2c(n1)oc1ccc3ccccc3c12. The molecule has 0 bridgehead atoms. The highest BCUT2D eigenvalue weighted by Gasteiger charge is 2.22. The zero-order valence-corrected chi connectivity index (χ0v) is 19.4. The summed E-state index contributed by atoms with van der Waals surface area (Å²) in [5.74, 6) is 1.44. The summed E-state index contributed by atoms with van der Waals surface area (Å²) in [6, 6.07) is 25.8. The molecule has 3 nitrogen and oxygen atoms in total. The van der Waals surface area contributed by atoms with Gasteiger partial charge in [-0.25, -0.2) is 4.98 Å². The molecule has 33 heavy (non-hydrogen) atoms. The third-order valence-corrected chi connectivity index (χ3v) is 6.59. The number of rotatable bonds is 3. The van der Waals surface area contributed by atoms with Crippen molar-refractivity contribution in [1.29, 1.82) is 0 Å². The van der Waals surface area contributed by atoms with Crippen LogP contribution in [0.15, 0.2) is 77.2 Å². The molecule has 0 aliphatic heterocycles. The number of nitrogens with zero attached hydrogens (tertiary/aromatic N) is 2. The van der Waals surface area contributed by atoms with Crippen LogP contribution in [0.3, 0.4) is 0 Å². The molecule has 0 atom stereocenters. The lowest BCUT2D eigenvalue weighted by molar-refractivity contribution is 0.643. The van der Waals surface area contributed by atoms with Gasteiger partial charge in [-0.1, -0.05) is 94.4 Å². The Balaban J connectivity index is 1.81. The van der Waals surface area contributed by atoms with E-state index in [1.165, 1.54) is 27.1 Å². The van der Waals surface area contributed by atoms with Crippen molar-refractivity contribution in [2.45, 2.75) is 39.5 Å². The molecule has 6 aromatic rings. The van der Waals surface area contributed by atoms with Crippen molar-refractivity contribution >= 4 is 43.6 Å². The lowest BCUT2D eigenvalue weighted by Gasteiger charge is -2.15. The Kier molecular flexibility index (Phi) is 4.48. The minimum Gasteiger partial charge on any atom is -0.438 e. The fourth-order valence-corrected chi connectivity index (χ4v) is 4.94. The molecule has 0 fully saturated rings. The topological polar surface area (TPSA) is 38.9 Å². The monoisotopic (exact) mass is 430 g/mol. The molecule has 6 rings (SSSR count). The third-order valence-electron chi connectivity index (χ3n) is 6.59. The highest BCUT2D eigenvalue weighted by atomic mass is 16.3. The molecule has 0 amide bonds. The van der Waals surface area contributed by atoms with Gasteiger partial charge in [0.15, 0.2) is 0 Å². The molecule has 3 heteroatoms. The fourth-order valence-electron chi connectivity index (χ4n) is 4.94. The van der Waals surface area contributed by atoms with Crippen LogP contribution in [0, 0.1) is 0 Å². The molecule has 162 valence electrons. The van der Waals surface area contributed by atoms with E-state index in [4.69, 9.17) is 14.4 Å². The van der Waals surface area contributed by atoms with E-state index in [1.54, 1.807) is 0 Å². The van der Waals surface area contributed by atoms with E-state index in [2.05, 4.69) is 100 Å². The minimum atomic E-state index is 0.194. The Bertz CT molecular complexity index is 1670. The predicted molar refractivity (Wildman–Crippen MR) is 138 cm³/mol. The number of hydrogen-bond acceptors (Lipinski definition) is 3. The van der Waals surface area contributed by atoms with Gasteiger partial charge in [-0.3, -0.25) is 0 Å². The van der Waals surface area contributed by atoms with Crippen LogP contribution < -0.4 is 0 Å². The van der Waals surface area contributed by atoms with Gasteiger partial charge >= 0.3 is 0 Å². The van der Waals surface area contributed by atoms with E-state index in [-0.39, 0.29) is 5.92 Å². The molecule has 0 spiro atoms. The molecule has 0 unspecified atom stereocenters. The van der Waals surface area contributed by atoms with Gasteiger partial charge < -0.3 is 4.42 Å². The number of hydrogen-bond donors (Lipinski definition) is 0. The molecule has 0 radical (unpaired) electrons. The van der Waals surface area contributed by atoms with Crippen molar-refractivity contribution in [3.05, 3.63) is 84.2 Å². The Hall–Kier alpha value is -3.72. The Morgan fingerprint density at radius 3 is 2.12 bits per heavy atom. The summed E-state index contributed by atoms with van der Waals surface area (Å²) in [5, 5.41) is 6.93. The quantitative estimate of drug-likeness (QED) is 0.282. The number of furan rings is 1. The Morgan fingerprint density at radius 1 is 0.636 bits per heavy atom. The van der Waals surface area contributed by atoms with E-state index < -0.39 is 0 Å². The van der Waals surface area contributed by atoms with Crippen molar-refractivity contribution in [3.8, 4) is 11.3 Å². The number of fused-ring (bicyclic) bond motifs is 6. The first-order chi connectivity index (χ1) is 16.0. The van der Waals surface area contributed by atoms with Gasteiger partial charge in [0, 0.05) is 16.9 Å². The summed E-state index contributed by atoms with van der Waals surface area (Å²) in [6.07, 6.45) is 0. The van der Waals surface area contributed by atoms with E-state index in [0.717, 1.165) is 33.4 Å². The van der Waals surface area contributed by atoms with Gasteiger partial charge in [-0.15, -0.1) is 0 Å². The summed E-state index contributed by atoms with van der Waals surface area (Å²) in [4.78, 5) is 10.0. The highest BCUT2D eigenvalue weighted by Crippen LogP contribution is 2.42. The highest BCUT2D eigenvalue weighted by molar-refractivity contribution is 6.22. The maximum Gasteiger partial charge on any atom is 0.231 e. The van der Waals surface area contributed by atoms with Crippen LogP contribution >= 0.6 is 0 Å². The van der Waals surface area contributed by atoms with Crippen LogP contribution in [-0.4, -0.2) is 9.97 Å². The molecule has 0 N–H and O–H groups in total. The normalized spacial score (nSPS) is 12.2. The minimum absolute atomic E-state index is 0.194. The average Bonchev–Trinajstić information content (AvgIpc) is 3.22. The van der Waals surface area contributed by atoms with Crippen LogP contribution in [0.25, 0.3) is 54.9 Å². The molecule has 4 aromatic carbocycles. The first-order valence-electron chi connectivity index (χ1n) is 11.7. The second kappa shape index (κ2) is 7.41. The standard InChI is InChI=1S/C30H26N2O/c1-17(2)20-14-15-24(23-12-8-7-11-22(20)23)28-27-26-21-10-6-5-9-19(21)13-16-25(26)33-30(27)32-29(31-28)18(3)4/h5-18H,1-4H3. The summed E-state index contributed by atoms with van der Waals surface area (Å²) in [7, 11) is 0. The van der Waals surface area contributed by atoms with Gasteiger partial charge in [0.1, 0.15) is 11.4 Å². The Labute approximate surface area is 193 Å². The van der Waals surface area contributed by atoms with Crippen LogP contribution in [0.1, 0.15) is 50.9 Å². The zero-order chi connectivity index (χ0) is 22.7. The first kappa shape index (κ1) is 19.9. The van der Waals surface area contributed by atoms with Crippen LogP contribution in [0.4, 0.5) is 0 Å². The lowest BCUT2D eigenvalue weighted by Crippen LogP contribution is -2.00. The molecule has 0 saturated heterocycles. The molecule has 0 saturated carbocycles. The predicted octanol–water partition coefficient (Wildman–Crippen LogP) is 8.60. The third kappa shape index (κ3) is 3.03. The van der Waals surface area contributed by atoms with Gasteiger partial charge in [0.25, 0.3) is 0 Å². The van der Waals surface area contributed by atoms with Crippen molar-refractivity contribution in [3.63, 3.8) is 0 Å². The molecule has 0 aliphatic carbocycles. The fraction of sp³-hybridized carbons (Fsp3) is 0.200. The van der Waals surface area contributed by atoms with Crippen molar-refractivity contribution < 1.29 is 4.42 Å². The molecular formula is C30H26N2O. The van der Waals surface area contributed by atoms with E-state index in [0.29, 0.717) is 11.6 Å². The largest absolute Gasteiger partial charge is 0.438 e. The molecule has 0 aliphatic rings. The molecule has 2 aromatic heterocycles. The van der Waals surface area contributed by atoms with E-state index in [1.807, 2.05) is 0 Å². The maximum absolute atomic E-state index is 6.34. The van der Waals surface area contributed by atoms with Crippen LogP contribution in [0.2, 0.25) is 0 Å². The van der Waals surface area contributed by atoms with E-state index >= 15 is 0 Å². The van der Waals surface area contributed by atoms with Crippen LogP contribution in [0.5, 0.6) is 0 Å². The molecule has 2 heterocycles. The summed E-state index contributed by atoms with van der Waals surface area (Å²) in [5.41, 5.74) is 4.94. The number of benzene rings is 4. The van der Waals surface area contributed by atoms with E-state index in [9.17, 15) is 0 Å². The summed E-state index contributed by atoms with van der Waals surface area (Å²) >= 11 is 0. The van der Waals surface area contributed by atoms with Gasteiger partial charge in [-0.05, 0) is 39.1 Å². The Morgan fingerprint density at radius 2 is 1.36 bits per heavy atom. The summed E-state index contributed by atoms with van der Waals surface area (Å²) < 4.78 is 6.34. The second-order valence-corrected chi connectivity index (χ2v) is 9.43. The maximum atomic E-state index is 6.34. The van der Waals surface area contributed by atoms with Gasteiger partial charge in [0.2, 0.25) is 5.71 Å². The summed E-state index contributed by atoms with van der Waals surface area (Å²) in [6.45, 7) is 8.75.